The van der Waals surface area contributed by atoms with Gasteiger partial charge in [0.05, 0.1) is 12.1 Å². The molecular formula is C26H26N2. The zero-order valence-electron chi connectivity index (χ0n) is 16.4. The summed E-state index contributed by atoms with van der Waals surface area (Å²) in [4.78, 5) is 0. The van der Waals surface area contributed by atoms with Crippen LogP contribution in [0.2, 0.25) is 0 Å². The fourth-order valence-corrected chi connectivity index (χ4v) is 4.75. The number of fused-ring (bicyclic) bond motifs is 3. The molecule has 2 aromatic carbocycles. The van der Waals surface area contributed by atoms with Crippen molar-refractivity contribution in [2.75, 3.05) is 0 Å². The van der Waals surface area contributed by atoms with E-state index in [2.05, 4.69) is 109 Å². The number of hydrogen-bond acceptors (Lipinski definition) is 2. The Morgan fingerprint density at radius 1 is 0.571 bits per heavy atom. The van der Waals surface area contributed by atoms with Gasteiger partial charge in [-0.25, -0.2) is 0 Å². The monoisotopic (exact) mass is 366 g/mol. The molecule has 4 unspecified atom stereocenters. The van der Waals surface area contributed by atoms with Crippen LogP contribution in [0.4, 0.5) is 0 Å². The van der Waals surface area contributed by atoms with Crippen molar-refractivity contribution in [3.8, 4) is 0 Å². The van der Waals surface area contributed by atoms with E-state index in [9.17, 15) is 0 Å². The molecule has 2 aromatic rings. The zero-order chi connectivity index (χ0) is 19.1. The smallest absolute Gasteiger partial charge is 0.0529 e. The van der Waals surface area contributed by atoms with Gasteiger partial charge in [0.15, 0.2) is 0 Å². The Labute approximate surface area is 167 Å². The lowest BCUT2D eigenvalue weighted by atomic mass is 9.74. The van der Waals surface area contributed by atoms with Crippen LogP contribution in [-0.4, -0.2) is 24.2 Å². The highest BCUT2D eigenvalue weighted by Gasteiger charge is 2.38. The van der Waals surface area contributed by atoms with E-state index in [1.165, 1.54) is 33.4 Å². The summed E-state index contributed by atoms with van der Waals surface area (Å²) in [6.45, 7) is 4.50. The number of allylic oxidation sites excluding steroid dienone is 2. The predicted molar refractivity (Wildman–Crippen MR) is 118 cm³/mol. The van der Waals surface area contributed by atoms with Crippen LogP contribution in [0.3, 0.4) is 0 Å². The second kappa shape index (κ2) is 7.05. The second-order valence-corrected chi connectivity index (χ2v) is 8.00. The molecule has 5 rings (SSSR count). The van der Waals surface area contributed by atoms with Crippen LogP contribution in [0.5, 0.6) is 0 Å². The molecule has 2 aliphatic heterocycles. The van der Waals surface area contributed by atoms with Crippen LogP contribution in [0.15, 0.2) is 96.1 Å². The van der Waals surface area contributed by atoms with Crippen LogP contribution >= 0.6 is 0 Å². The maximum absolute atomic E-state index is 3.83. The van der Waals surface area contributed by atoms with Gasteiger partial charge in [0.1, 0.15) is 0 Å². The lowest BCUT2D eigenvalue weighted by Gasteiger charge is -2.44. The number of hydrogen-bond donors (Lipinski definition) is 2. The molecule has 2 heterocycles. The van der Waals surface area contributed by atoms with Crippen molar-refractivity contribution < 1.29 is 0 Å². The van der Waals surface area contributed by atoms with Crippen molar-refractivity contribution in [1.29, 1.82) is 0 Å². The first-order valence-electron chi connectivity index (χ1n) is 10.2. The van der Waals surface area contributed by atoms with Gasteiger partial charge in [0.2, 0.25) is 0 Å². The summed E-state index contributed by atoms with van der Waals surface area (Å²) in [5.41, 5.74) is 8.08. The lowest BCUT2D eigenvalue weighted by molar-refractivity contribution is 0.407. The molecule has 0 spiro atoms. The van der Waals surface area contributed by atoms with Gasteiger partial charge in [-0.15, -0.1) is 0 Å². The lowest BCUT2D eigenvalue weighted by Crippen LogP contribution is -2.58. The summed E-state index contributed by atoms with van der Waals surface area (Å²) >= 11 is 0. The molecule has 2 N–H and O–H groups in total. The summed E-state index contributed by atoms with van der Waals surface area (Å²) < 4.78 is 0. The molecule has 0 saturated carbocycles. The van der Waals surface area contributed by atoms with Gasteiger partial charge < -0.3 is 10.6 Å². The number of nitrogens with one attached hydrogen (secondary N) is 2. The summed E-state index contributed by atoms with van der Waals surface area (Å²) in [6, 6.07) is 22.7. The van der Waals surface area contributed by atoms with Gasteiger partial charge >= 0.3 is 0 Å². The molecule has 28 heavy (non-hydrogen) atoms. The molecule has 0 aromatic heterocycles. The standard InChI is InChI=1S/C26H26N2/c1-17-15-23(19-9-5-3-6-10-19)21-13-14-22-24(20-11-7-4-8-12-20)16-18(2)28-26(22)25(21)27-17/h3-18,25-28H,1-2H3. The van der Waals surface area contributed by atoms with Crippen molar-refractivity contribution in [2.45, 2.75) is 38.0 Å². The minimum Gasteiger partial charge on any atom is -0.302 e. The second-order valence-electron chi connectivity index (χ2n) is 8.00. The number of benzene rings is 2. The average molecular weight is 367 g/mol. The minimum absolute atomic E-state index is 0.269. The molecule has 0 fully saturated rings. The van der Waals surface area contributed by atoms with Gasteiger partial charge in [-0.1, -0.05) is 85.0 Å². The zero-order valence-corrected chi connectivity index (χ0v) is 16.4. The van der Waals surface area contributed by atoms with E-state index >= 15 is 0 Å². The molecule has 0 amide bonds. The maximum Gasteiger partial charge on any atom is 0.0529 e. The molecular weight excluding hydrogens is 340 g/mol. The van der Waals surface area contributed by atoms with Crippen LogP contribution in [0, 0.1) is 0 Å². The molecule has 0 radical (unpaired) electrons. The molecule has 0 bridgehead atoms. The third-order valence-corrected chi connectivity index (χ3v) is 5.96. The Bertz CT molecular complexity index is 912. The molecule has 1 aliphatic carbocycles. The molecule has 2 heteroatoms. The van der Waals surface area contributed by atoms with Crippen molar-refractivity contribution >= 4 is 11.1 Å². The van der Waals surface area contributed by atoms with Gasteiger partial charge in [-0.3, -0.25) is 0 Å². The van der Waals surface area contributed by atoms with E-state index < -0.39 is 0 Å². The summed E-state index contributed by atoms with van der Waals surface area (Å²) in [7, 11) is 0. The predicted octanol–water partition coefficient (Wildman–Crippen LogP) is 4.74. The topological polar surface area (TPSA) is 24.1 Å². The maximum atomic E-state index is 3.83. The van der Waals surface area contributed by atoms with Crippen LogP contribution in [0.25, 0.3) is 11.1 Å². The summed E-state index contributed by atoms with van der Waals surface area (Å²) in [6.07, 6.45) is 9.36. The Morgan fingerprint density at radius 2 is 0.964 bits per heavy atom. The van der Waals surface area contributed by atoms with Crippen molar-refractivity contribution in [1.82, 2.24) is 10.6 Å². The Kier molecular flexibility index (Phi) is 4.38. The van der Waals surface area contributed by atoms with Crippen molar-refractivity contribution in [3.63, 3.8) is 0 Å². The Balaban J connectivity index is 1.61. The van der Waals surface area contributed by atoms with E-state index in [0.29, 0.717) is 12.1 Å². The van der Waals surface area contributed by atoms with E-state index in [-0.39, 0.29) is 12.1 Å². The molecule has 4 atom stereocenters. The van der Waals surface area contributed by atoms with Crippen LogP contribution in [0.1, 0.15) is 25.0 Å². The molecule has 3 aliphatic rings. The van der Waals surface area contributed by atoms with Crippen molar-refractivity contribution in [2.24, 2.45) is 0 Å². The SMILES string of the molecule is CC1C=C(c2ccccc2)C2=CC=C3C(c4ccccc4)=CC(C)NC3C2N1. The first kappa shape index (κ1) is 17.4. The Hall–Kier alpha value is -2.68. The van der Waals surface area contributed by atoms with Crippen LogP contribution in [-0.2, 0) is 0 Å². The average Bonchev–Trinajstić information content (AvgIpc) is 2.74. The highest BCUT2D eigenvalue weighted by molar-refractivity contribution is 5.88. The summed E-state index contributed by atoms with van der Waals surface area (Å²) in [5, 5.41) is 7.67. The third kappa shape index (κ3) is 2.99. The normalized spacial score (nSPS) is 28.9. The van der Waals surface area contributed by atoms with Gasteiger partial charge in [0.25, 0.3) is 0 Å². The summed E-state index contributed by atoms with van der Waals surface area (Å²) in [5.74, 6) is 0. The van der Waals surface area contributed by atoms with Gasteiger partial charge in [-0.2, -0.15) is 0 Å². The van der Waals surface area contributed by atoms with Crippen LogP contribution < -0.4 is 10.6 Å². The molecule has 140 valence electrons. The first-order chi connectivity index (χ1) is 13.7. The van der Waals surface area contributed by atoms with E-state index in [0.717, 1.165) is 0 Å². The van der Waals surface area contributed by atoms with Crippen molar-refractivity contribution in [3.05, 3.63) is 107 Å². The van der Waals surface area contributed by atoms with E-state index in [1.807, 2.05) is 0 Å². The van der Waals surface area contributed by atoms with Gasteiger partial charge in [-0.05, 0) is 47.3 Å². The fraction of sp³-hybridized carbons (Fsp3) is 0.231. The fourth-order valence-electron chi connectivity index (χ4n) is 4.75. The molecule has 2 nitrogen and oxygen atoms in total. The largest absolute Gasteiger partial charge is 0.302 e. The first-order valence-corrected chi connectivity index (χ1v) is 10.2. The Morgan fingerprint density at radius 3 is 1.36 bits per heavy atom. The third-order valence-electron chi connectivity index (χ3n) is 5.96. The van der Waals surface area contributed by atoms with E-state index in [4.69, 9.17) is 0 Å². The minimum atomic E-state index is 0.269. The quantitative estimate of drug-likeness (QED) is 0.802. The van der Waals surface area contributed by atoms with E-state index in [1.54, 1.807) is 0 Å². The highest BCUT2D eigenvalue weighted by Crippen LogP contribution is 2.40. The van der Waals surface area contributed by atoms with Gasteiger partial charge in [0, 0.05) is 12.1 Å². The molecule has 0 saturated heterocycles. The number of rotatable bonds is 2. The highest BCUT2D eigenvalue weighted by atomic mass is 15.1.